The van der Waals surface area contributed by atoms with Crippen LogP contribution in [0.3, 0.4) is 0 Å². The van der Waals surface area contributed by atoms with Crippen molar-refractivity contribution in [1.29, 1.82) is 5.53 Å². The molecule has 0 aliphatic carbocycles. The Morgan fingerprint density at radius 1 is 1.32 bits per heavy atom. The molecule has 7 heteroatoms. The number of methoxy groups -OCH3 is 1. The molecule has 0 saturated heterocycles. The summed E-state index contributed by atoms with van der Waals surface area (Å²) in [6.07, 6.45) is 0.310. The van der Waals surface area contributed by atoms with Crippen LogP contribution in [-0.2, 0) is 6.42 Å². The van der Waals surface area contributed by atoms with Gasteiger partial charge in [-0.3, -0.25) is 0 Å². The van der Waals surface area contributed by atoms with Crippen molar-refractivity contribution in [2.75, 3.05) is 7.11 Å². The number of fused-ring (bicyclic) bond motifs is 1. The molecule has 1 unspecified atom stereocenters. The Hall–Kier alpha value is -2.41. The van der Waals surface area contributed by atoms with E-state index >= 15 is 0 Å². The third-order valence-electron chi connectivity index (χ3n) is 4.42. The number of nitrogens with one attached hydrogen (secondary N) is 1. The second-order valence-corrected chi connectivity index (χ2v) is 6.55. The largest absolute Gasteiger partial charge is 0.496 e. The van der Waals surface area contributed by atoms with Crippen LogP contribution in [0.25, 0.3) is 5.57 Å². The highest BCUT2D eigenvalue weighted by Crippen LogP contribution is 2.44. The number of hydrogen-bond donors (Lipinski definition) is 1. The van der Waals surface area contributed by atoms with E-state index in [0.29, 0.717) is 17.7 Å². The molecule has 1 aromatic carbocycles. The Morgan fingerprint density at radius 2 is 2.04 bits per heavy atom. The quantitative estimate of drug-likeness (QED) is 0.736. The van der Waals surface area contributed by atoms with Gasteiger partial charge in [0.25, 0.3) is 5.88 Å². The molecule has 0 spiro atoms. The van der Waals surface area contributed by atoms with Crippen LogP contribution >= 0.6 is 15.9 Å². The highest BCUT2D eigenvalue weighted by Gasteiger charge is 2.31. The number of ether oxygens (including phenoxy) is 2. The molecule has 1 atom stereocenters. The van der Waals surface area contributed by atoms with Gasteiger partial charge in [0, 0.05) is 12.0 Å². The molecular formula is C18H17BrN2O4. The summed E-state index contributed by atoms with van der Waals surface area (Å²) in [6, 6.07) is 7.74. The van der Waals surface area contributed by atoms with Gasteiger partial charge in [-0.15, -0.1) is 5.11 Å². The molecule has 2 aromatic rings. The summed E-state index contributed by atoms with van der Waals surface area (Å²) in [7, 11) is 1.63. The van der Waals surface area contributed by atoms with Gasteiger partial charge in [-0.25, -0.2) is 10.3 Å². The Balaban J connectivity index is 2.09. The van der Waals surface area contributed by atoms with E-state index in [1.807, 2.05) is 38.1 Å². The van der Waals surface area contributed by atoms with Crippen molar-refractivity contribution < 1.29 is 13.9 Å². The van der Waals surface area contributed by atoms with Gasteiger partial charge in [-0.05, 0) is 52.6 Å². The van der Waals surface area contributed by atoms with E-state index in [1.54, 1.807) is 7.11 Å². The van der Waals surface area contributed by atoms with E-state index in [4.69, 9.17) is 19.4 Å². The minimum absolute atomic E-state index is 0.125. The average Bonchev–Trinajstić information content (AvgIpc) is 2.62. The lowest BCUT2D eigenvalue weighted by Gasteiger charge is -2.29. The van der Waals surface area contributed by atoms with Crippen molar-refractivity contribution in [3.63, 3.8) is 0 Å². The van der Waals surface area contributed by atoms with E-state index in [0.717, 1.165) is 22.5 Å². The molecule has 2 heterocycles. The van der Waals surface area contributed by atoms with Crippen molar-refractivity contribution in [3.8, 4) is 11.5 Å². The molecule has 1 N–H and O–H groups in total. The van der Waals surface area contributed by atoms with Crippen molar-refractivity contribution >= 4 is 27.4 Å². The van der Waals surface area contributed by atoms with Crippen LogP contribution in [-0.4, -0.2) is 13.2 Å². The summed E-state index contributed by atoms with van der Waals surface area (Å²) in [4.78, 5) is 11.9. The summed E-state index contributed by atoms with van der Waals surface area (Å²) in [5.41, 5.74) is 10.2. The van der Waals surface area contributed by atoms with Gasteiger partial charge < -0.3 is 13.9 Å². The second-order valence-electron chi connectivity index (χ2n) is 5.76. The Labute approximate surface area is 153 Å². The van der Waals surface area contributed by atoms with Gasteiger partial charge in [0.1, 0.15) is 16.3 Å². The highest BCUT2D eigenvalue weighted by atomic mass is 79.9. The maximum Gasteiger partial charge on any atom is 0.352 e. The van der Waals surface area contributed by atoms with Crippen LogP contribution < -0.4 is 15.1 Å². The summed E-state index contributed by atoms with van der Waals surface area (Å²) in [6.45, 7) is 3.89. The Bertz CT molecular complexity index is 933. The number of para-hydroxylation sites is 1. The van der Waals surface area contributed by atoms with Crippen molar-refractivity contribution in [3.05, 3.63) is 55.9 Å². The Kier molecular flexibility index (Phi) is 4.76. The summed E-state index contributed by atoms with van der Waals surface area (Å²) >= 11 is 3.26. The fraction of sp³-hybridized carbons (Fsp3) is 0.278. The number of halogens is 1. The summed E-state index contributed by atoms with van der Waals surface area (Å²) in [5.74, 6) is 0.970. The zero-order chi connectivity index (χ0) is 18.1. The van der Waals surface area contributed by atoms with Gasteiger partial charge in [-0.1, -0.05) is 18.2 Å². The number of hydrogen-bond acceptors (Lipinski definition) is 6. The third-order valence-corrected chi connectivity index (χ3v) is 5.14. The molecule has 1 aromatic heterocycles. The minimum atomic E-state index is -0.580. The standard InChI is InChI=1S/C18H17BrN2O4/c1-9-10(2)14-15(19)18(22)25-17(21-20)16(14)24-13(9)8-11-6-4-5-7-12(11)23-3/h4-7,13,20H,8H2,1-3H3. The molecule has 6 nitrogen and oxygen atoms in total. The van der Waals surface area contributed by atoms with Crippen LogP contribution in [0.1, 0.15) is 25.0 Å². The number of rotatable bonds is 4. The van der Waals surface area contributed by atoms with Crippen LogP contribution in [0.4, 0.5) is 5.88 Å². The normalized spacial score (nSPS) is 16.2. The second kappa shape index (κ2) is 6.84. The average molecular weight is 405 g/mol. The number of benzene rings is 1. The van der Waals surface area contributed by atoms with Crippen LogP contribution in [0.2, 0.25) is 0 Å². The van der Waals surface area contributed by atoms with Gasteiger partial charge >= 0.3 is 5.63 Å². The maximum atomic E-state index is 11.9. The van der Waals surface area contributed by atoms with Crippen molar-refractivity contribution in [1.82, 2.24) is 0 Å². The van der Waals surface area contributed by atoms with Crippen LogP contribution in [0, 0.1) is 5.53 Å². The fourth-order valence-electron chi connectivity index (χ4n) is 2.94. The third kappa shape index (κ3) is 3.00. The lowest BCUT2D eigenvalue weighted by atomic mass is 9.92. The molecule has 25 heavy (non-hydrogen) atoms. The lowest BCUT2D eigenvalue weighted by molar-refractivity contribution is 0.224. The smallest absolute Gasteiger partial charge is 0.352 e. The fourth-order valence-corrected chi connectivity index (χ4v) is 3.50. The topological polar surface area (TPSA) is 84.9 Å². The first-order valence-electron chi connectivity index (χ1n) is 7.68. The predicted octanol–water partition coefficient (Wildman–Crippen LogP) is 4.87. The zero-order valence-electron chi connectivity index (χ0n) is 14.1. The van der Waals surface area contributed by atoms with E-state index in [9.17, 15) is 4.79 Å². The zero-order valence-corrected chi connectivity index (χ0v) is 15.6. The van der Waals surface area contributed by atoms with Crippen LogP contribution in [0.5, 0.6) is 11.5 Å². The van der Waals surface area contributed by atoms with Crippen molar-refractivity contribution in [2.24, 2.45) is 5.11 Å². The predicted molar refractivity (Wildman–Crippen MR) is 96.9 cm³/mol. The molecule has 1 aliphatic rings. The molecule has 0 amide bonds. The van der Waals surface area contributed by atoms with Gasteiger partial charge in [0.15, 0.2) is 5.75 Å². The van der Waals surface area contributed by atoms with Gasteiger partial charge in [0.2, 0.25) is 0 Å². The van der Waals surface area contributed by atoms with E-state index in [-0.39, 0.29) is 16.5 Å². The SMILES string of the molecule is COc1ccccc1CC1Oc2c(N=N)oc(=O)c(Br)c2C(C)=C1C. The maximum absolute atomic E-state index is 11.9. The number of nitrogens with zero attached hydrogens (tertiary/aromatic N) is 1. The van der Waals surface area contributed by atoms with Gasteiger partial charge in [-0.2, -0.15) is 0 Å². The lowest BCUT2D eigenvalue weighted by Crippen LogP contribution is -2.27. The first-order chi connectivity index (χ1) is 12.0. The monoisotopic (exact) mass is 404 g/mol. The molecule has 3 rings (SSSR count). The molecule has 0 radical (unpaired) electrons. The summed E-state index contributed by atoms with van der Waals surface area (Å²) in [5, 5.41) is 3.31. The van der Waals surface area contributed by atoms with E-state index in [1.165, 1.54) is 0 Å². The minimum Gasteiger partial charge on any atom is -0.496 e. The highest BCUT2D eigenvalue weighted by molar-refractivity contribution is 9.10. The van der Waals surface area contributed by atoms with Gasteiger partial charge in [0.05, 0.1) is 7.11 Å². The molecule has 0 saturated carbocycles. The molecule has 0 bridgehead atoms. The molecule has 1 aliphatic heterocycles. The first kappa shape index (κ1) is 17.4. The first-order valence-corrected chi connectivity index (χ1v) is 8.47. The summed E-state index contributed by atoms with van der Waals surface area (Å²) < 4.78 is 16.8. The number of allylic oxidation sites excluding steroid dienone is 1. The van der Waals surface area contributed by atoms with Crippen LogP contribution in [0.15, 0.2) is 48.6 Å². The Morgan fingerprint density at radius 3 is 2.72 bits per heavy atom. The molecular weight excluding hydrogens is 388 g/mol. The molecule has 0 fully saturated rings. The molecule has 130 valence electrons. The van der Waals surface area contributed by atoms with Crippen molar-refractivity contribution in [2.45, 2.75) is 26.4 Å². The van der Waals surface area contributed by atoms with E-state index in [2.05, 4.69) is 21.0 Å². The van der Waals surface area contributed by atoms with E-state index < -0.39 is 5.63 Å².